The van der Waals surface area contributed by atoms with Crippen LogP contribution in [0.25, 0.3) is 43.6 Å². The molecule has 3 aliphatic rings. The minimum Gasteiger partial charge on any atom is -0.322 e. The van der Waals surface area contributed by atoms with Crippen LogP contribution in [-0.4, -0.2) is 9.13 Å². The number of aromatic nitrogens is 2. The van der Waals surface area contributed by atoms with E-state index in [1.54, 1.807) is 0 Å². The summed E-state index contributed by atoms with van der Waals surface area (Å²) in [5.41, 5.74) is 11.8. The normalized spacial score (nSPS) is 19.5. The van der Waals surface area contributed by atoms with Gasteiger partial charge in [-0.25, -0.2) is 0 Å². The monoisotopic (exact) mass is 584 g/mol. The molecule has 0 saturated carbocycles. The molecule has 2 nitrogen and oxygen atoms in total. The summed E-state index contributed by atoms with van der Waals surface area (Å²) >= 11 is 0. The molecule has 0 fully saturated rings. The minimum atomic E-state index is -0.576. The molecule has 0 N–H and O–H groups in total. The Labute approximate surface area is 266 Å². The van der Waals surface area contributed by atoms with E-state index >= 15 is 0 Å². The maximum absolute atomic E-state index is 2.66. The molecule has 12 rings (SSSR count). The second-order valence-electron chi connectivity index (χ2n) is 12.8. The van der Waals surface area contributed by atoms with Crippen LogP contribution in [-0.2, 0) is 11.1 Å². The summed E-state index contributed by atoms with van der Waals surface area (Å²) in [6.07, 6.45) is 0. The topological polar surface area (TPSA) is 9.86 Å². The zero-order chi connectivity index (χ0) is 30.0. The van der Waals surface area contributed by atoms with Crippen LogP contribution in [0.3, 0.4) is 0 Å². The maximum atomic E-state index is 2.66. The Bertz CT molecular complexity index is 2310. The lowest BCUT2D eigenvalue weighted by molar-refractivity contribution is 0.403. The summed E-state index contributed by atoms with van der Waals surface area (Å²) in [5, 5.41) is 5.13. The first kappa shape index (κ1) is 24.5. The Morgan fingerprint density at radius 3 is 0.674 bits per heavy atom. The van der Waals surface area contributed by atoms with Gasteiger partial charge < -0.3 is 9.13 Å². The lowest BCUT2D eigenvalue weighted by Gasteiger charge is -2.58. The van der Waals surface area contributed by atoms with E-state index in [1.165, 1.54) is 77.0 Å². The quantitative estimate of drug-likeness (QED) is 0.191. The largest absolute Gasteiger partial charge is 0.322 e. The van der Waals surface area contributed by atoms with E-state index in [0.29, 0.717) is 0 Å². The van der Waals surface area contributed by atoms with Crippen LogP contribution >= 0.6 is 0 Å². The molecule has 0 atom stereocenters. The molecule has 2 bridgehead atoms. The van der Waals surface area contributed by atoms with Crippen LogP contribution in [0.4, 0.5) is 0 Å². The zero-order valence-electron chi connectivity index (χ0n) is 25.1. The van der Waals surface area contributed by atoms with Gasteiger partial charge in [0, 0.05) is 21.5 Å². The molecule has 0 radical (unpaired) electrons. The van der Waals surface area contributed by atoms with E-state index < -0.39 is 11.1 Å². The van der Waals surface area contributed by atoms with Crippen LogP contribution in [0.5, 0.6) is 0 Å². The van der Waals surface area contributed by atoms with Crippen LogP contribution in [0.15, 0.2) is 170 Å². The molecular weight excluding hydrogens is 556 g/mol. The summed E-state index contributed by atoms with van der Waals surface area (Å²) < 4.78 is 5.31. The van der Waals surface area contributed by atoms with Crippen LogP contribution < -0.4 is 0 Å². The number of rotatable bonds is 2. The second-order valence-corrected chi connectivity index (χ2v) is 12.8. The molecule has 7 aromatic carbocycles. The zero-order valence-corrected chi connectivity index (χ0v) is 25.1. The Morgan fingerprint density at radius 1 is 0.239 bits per heavy atom. The van der Waals surface area contributed by atoms with Gasteiger partial charge in [-0.15, -0.1) is 0 Å². The van der Waals surface area contributed by atoms with E-state index in [-0.39, 0.29) is 0 Å². The van der Waals surface area contributed by atoms with Gasteiger partial charge in [0.05, 0.1) is 22.1 Å². The van der Waals surface area contributed by atoms with Gasteiger partial charge in [0.15, 0.2) is 0 Å². The number of hydrogen-bond acceptors (Lipinski definition) is 0. The summed E-state index contributed by atoms with van der Waals surface area (Å²) in [6.45, 7) is 0. The highest BCUT2D eigenvalue weighted by atomic mass is 15.1. The van der Waals surface area contributed by atoms with Crippen molar-refractivity contribution in [1.29, 1.82) is 0 Å². The third-order valence-corrected chi connectivity index (χ3v) is 11.0. The number of hydrogen-bond donors (Lipinski definition) is 0. The highest BCUT2D eigenvalue weighted by Gasteiger charge is 2.61. The summed E-state index contributed by atoms with van der Waals surface area (Å²) in [7, 11) is 0. The molecule has 2 heterocycles. The fourth-order valence-corrected chi connectivity index (χ4v) is 9.50. The summed E-state index contributed by atoms with van der Waals surface area (Å²) in [4.78, 5) is 0. The SMILES string of the molecule is c1ccc2c(c1)C1(n3c4ccccc4c4ccccc43)c3ccccc3C2(n2c3ccccc3c3ccccc32)c2ccccc21. The summed E-state index contributed by atoms with van der Waals surface area (Å²) in [6, 6.07) is 63.6. The molecule has 0 aliphatic heterocycles. The molecular formula is C44H28N2. The predicted octanol–water partition coefficient (Wildman–Crippen LogP) is 10.2. The first-order valence-electron chi connectivity index (χ1n) is 16.1. The lowest BCUT2D eigenvalue weighted by atomic mass is 9.53. The molecule has 0 unspecified atom stereocenters. The van der Waals surface area contributed by atoms with Gasteiger partial charge in [-0.2, -0.15) is 0 Å². The van der Waals surface area contributed by atoms with Crippen molar-refractivity contribution >= 4 is 43.6 Å². The molecule has 46 heavy (non-hydrogen) atoms. The highest BCUT2D eigenvalue weighted by molar-refractivity contribution is 6.10. The second kappa shape index (κ2) is 8.44. The van der Waals surface area contributed by atoms with Crippen molar-refractivity contribution in [2.45, 2.75) is 11.1 Å². The molecule has 2 heteroatoms. The molecule has 3 aliphatic carbocycles. The highest BCUT2D eigenvalue weighted by Crippen LogP contribution is 2.64. The minimum absolute atomic E-state index is 0.576. The smallest absolute Gasteiger partial charge is 0.122 e. The van der Waals surface area contributed by atoms with Gasteiger partial charge in [-0.1, -0.05) is 146 Å². The Kier molecular flexibility index (Phi) is 4.49. The van der Waals surface area contributed by atoms with Crippen molar-refractivity contribution in [3.8, 4) is 0 Å². The fourth-order valence-electron chi connectivity index (χ4n) is 9.50. The standard InChI is InChI=1S/C44H28N2/c1-11-25-39-29(15-1)30-16-2-12-26-40(30)45(39)43-33-19-5-8-22-36(33)44(37-23-9-6-20-34(37)43,38-24-10-7-21-35(38)43)46-41-27-13-3-17-31(41)32-18-4-14-28-42(32)46/h1-28H. The molecule has 0 spiro atoms. The van der Waals surface area contributed by atoms with Crippen molar-refractivity contribution in [2.24, 2.45) is 0 Å². The van der Waals surface area contributed by atoms with Gasteiger partial charge in [0.25, 0.3) is 0 Å². The fraction of sp³-hybridized carbons (Fsp3) is 0.0455. The predicted molar refractivity (Wildman–Crippen MR) is 189 cm³/mol. The van der Waals surface area contributed by atoms with Gasteiger partial charge in [0.1, 0.15) is 11.1 Å². The van der Waals surface area contributed by atoms with Crippen molar-refractivity contribution in [1.82, 2.24) is 9.13 Å². The van der Waals surface area contributed by atoms with E-state index in [0.717, 1.165) is 0 Å². The van der Waals surface area contributed by atoms with E-state index in [9.17, 15) is 0 Å². The Balaban J connectivity index is 1.43. The Morgan fingerprint density at radius 2 is 0.435 bits per heavy atom. The van der Waals surface area contributed by atoms with Gasteiger partial charge in [0.2, 0.25) is 0 Å². The number of para-hydroxylation sites is 4. The van der Waals surface area contributed by atoms with Crippen molar-refractivity contribution in [3.05, 3.63) is 203 Å². The first-order valence-corrected chi connectivity index (χ1v) is 16.1. The molecule has 0 saturated heterocycles. The van der Waals surface area contributed by atoms with Crippen LogP contribution in [0.2, 0.25) is 0 Å². The van der Waals surface area contributed by atoms with Crippen molar-refractivity contribution < 1.29 is 0 Å². The number of fused-ring (bicyclic) bond motifs is 6. The first-order chi connectivity index (χ1) is 22.9. The van der Waals surface area contributed by atoms with Gasteiger partial charge >= 0.3 is 0 Å². The number of nitrogens with zero attached hydrogens (tertiary/aromatic N) is 2. The molecule has 2 aromatic heterocycles. The third kappa shape index (κ3) is 2.57. The average molecular weight is 585 g/mol. The van der Waals surface area contributed by atoms with Crippen LogP contribution in [0, 0.1) is 0 Å². The Hall–Kier alpha value is -5.86. The van der Waals surface area contributed by atoms with Gasteiger partial charge in [-0.05, 0) is 57.6 Å². The summed E-state index contributed by atoms with van der Waals surface area (Å²) in [5.74, 6) is 0. The average Bonchev–Trinajstić information content (AvgIpc) is 3.65. The maximum Gasteiger partial charge on any atom is 0.122 e. The molecule has 214 valence electrons. The van der Waals surface area contributed by atoms with Gasteiger partial charge in [-0.3, -0.25) is 0 Å². The van der Waals surface area contributed by atoms with E-state index in [4.69, 9.17) is 0 Å². The van der Waals surface area contributed by atoms with Crippen LogP contribution in [0.1, 0.15) is 33.4 Å². The third-order valence-electron chi connectivity index (χ3n) is 11.0. The van der Waals surface area contributed by atoms with E-state index in [1.807, 2.05) is 0 Å². The lowest BCUT2D eigenvalue weighted by Crippen LogP contribution is -2.56. The van der Waals surface area contributed by atoms with Crippen molar-refractivity contribution in [3.63, 3.8) is 0 Å². The molecule has 0 amide bonds. The van der Waals surface area contributed by atoms with E-state index in [2.05, 4.69) is 179 Å². The van der Waals surface area contributed by atoms with Crippen molar-refractivity contribution in [2.75, 3.05) is 0 Å². The molecule has 9 aromatic rings. The number of benzene rings is 7.